The Morgan fingerprint density at radius 2 is 2.41 bits per heavy atom. The number of carbonyl (C=O) groups excluding carboxylic acids is 1. The number of methoxy groups -OCH3 is 1. The number of hydrogen-bond donors (Lipinski definition) is 1. The number of carbonyl (C=O) groups is 1. The fourth-order valence-corrected chi connectivity index (χ4v) is 1.89. The molecule has 2 rings (SSSR count). The van der Waals surface area contributed by atoms with Gasteiger partial charge in [0.05, 0.1) is 18.4 Å². The second-order valence-corrected chi connectivity index (χ2v) is 4.16. The third kappa shape index (κ3) is 2.36. The average Bonchev–Trinajstić information content (AvgIpc) is 2.75. The van der Waals surface area contributed by atoms with Crippen LogP contribution >= 0.6 is 0 Å². The summed E-state index contributed by atoms with van der Waals surface area (Å²) in [6.07, 6.45) is 2.45. The number of ether oxygens (including phenoxy) is 1. The van der Waals surface area contributed by atoms with Crippen LogP contribution in [-0.4, -0.2) is 42.2 Å². The van der Waals surface area contributed by atoms with Gasteiger partial charge >= 0.3 is 5.97 Å². The molecule has 6 heteroatoms. The van der Waals surface area contributed by atoms with Crippen molar-refractivity contribution in [2.24, 2.45) is 5.73 Å². The van der Waals surface area contributed by atoms with Crippen LogP contribution in [0.3, 0.4) is 0 Å². The fourth-order valence-electron chi connectivity index (χ4n) is 1.89. The molecule has 1 aromatic rings. The molecule has 0 saturated carbocycles. The van der Waals surface area contributed by atoms with E-state index in [0.717, 1.165) is 19.5 Å². The van der Waals surface area contributed by atoms with E-state index >= 15 is 0 Å². The van der Waals surface area contributed by atoms with Gasteiger partial charge in [0.25, 0.3) is 0 Å². The lowest BCUT2D eigenvalue weighted by atomic mass is 10.2. The summed E-state index contributed by atoms with van der Waals surface area (Å²) in [6, 6.07) is 0.180. The van der Waals surface area contributed by atoms with E-state index in [1.54, 1.807) is 6.92 Å². The molecule has 0 unspecified atom stereocenters. The lowest BCUT2D eigenvalue weighted by molar-refractivity contribution is 0.0599. The Hall–Kier alpha value is -1.69. The maximum atomic E-state index is 11.4. The zero-order valence-corrected chi connectivity index (χ0v) is 10.0. The second kappa shape index (κ2) is 4.67. The van der Waals surface area contributed by atoms with Crippen LogP contribution in [0.5, 0.6) is 0 Å². The molecule has 6 nitrogen and oxygen atoms in total. The van der Waals surface area contributed by atoms with Crippen LogP contribution < -0.4 is 10.6 Å². The van der Waals surface area contributed by atoms with E-state index in [2.05, 4.69) is 14.7 Å². The third-order valence-corrected chi connectivity index (χ3v) is 2.88. The summed E-state index contributed by atoms with van der Waals surface area (Å²) < 4.78 is 4.65. The Morgan fingerprint density at radius 3 is 2.94 bits per heavy atom. The molecular formula is C11H16N4O2. The van der Waals surface area contributed by atoms with E-state index in [1.165, 1.54) is 13.3 Å². The van der Waals surface area contributed by atoms with E-state index in [9.17, 15) is 4.79 Å². The normalized spacial score (nSPS) is 19.5. The van der Waals surface area contributed by atoms with Crippen LogP contribution in [-0.2, 0) is 4.74 Å². The number of rotatable bonds is 2. The highest BCUT2D eigenvalue weighted by atomic mass is 16.5. The zero-order valence-electron chi connectivity index (χ0n) is 10.0. The molecule has 0 spiro atoms. The van der Waals surface area contributed by atoms with Crippen molar-refractivity contribution in [2.45, 2.75) is 19.4 Å². The topological polar surface area (TPSA) is 81.3 Å². The van der Waals surface area contributed by atoms with Gasteiger partial charge in [-0.2, -0.15) is 0 Å². The Morgan fingerprint density at radius 1 is 1.65 bits per heavy atom. The number of aromatic nitrogens is 2. The van der Waals surface area contributed by atoms with Crippen molar-refractivity contribution >= 4 is 11.9 Å². The van der Waals surface area contributed by atoms with Crippen LogP contribution in [0, 0.1) is 6.92 Å². The first-order valence-electron chi connectivity index (χ1n) is 5.54. The molecule has 17 heavy (non-hydrogen) atoms. The summed E-state index contributed by atoms with van der Waals surface area (Å²) in [5, 5.41) is 0. The number of aryl methyl sites for hydroxylation is 1. The molecule has 0 bridgehead atoms. The molecule has 1 aromatic heterocycles. The van der Waals surface area contributed by atoms with Crippen molar-refractivity contribution in [3.05, 3.63) is 17.5 Å². The molecule has 1 fully saturated rings. The molecule has 1 atom stereocenters. The van der Waals surface area contributed by atoms with Gasteiger partial charge in [-0.25, -0.2) is 14.8 Å². The van der Waals surface area contributed by atoms with Crippen molar-refractivity contribution in [1.82, 2.24) is 9.97 Å². The van der Waals surface area contributed by atoms with E-state index in [0.29, 0.717) is 17.2 Å². The third-order valence-electron chi connectivity index (χ3n) is 2.88. The Kier molecular flexibility index (Phi) is 3.23. The number of nitrogens with zero attached hydrogens (tertiary/aromatic N) is 3. The van der Waals surface area contributed by atoms with Crippen molar-refractivity contribution < 1.29 is 9.53 Å². The molecule has 2 heterocycles. The van der Waals surface area contributed by atoms with E-state index in [1.807, 2.05) is 4.90 Å². The van der Waals surface area contributed by atoms with Crippen molar-refractivity contribution in [1.29, 1.82) is 0 Å². The lowest BCUT2D eigenvalue weighted by Crippen LogP contribution is -2.28. The van der Waals surface area contributed by atoms with Gasteiger partial charge in [-0.15, -0.1) is 0 Å². The molecule has 2 N–H and O–H groups in total. The van der Waals surface area contributed by atoms with E-state index < -0.39 is 5.97 Å². The van der Waals surface area contributed by atoms with Crippen LogP contribution in [0.2, 0.25) is 0 Å². The summed E-state index contributed by atoms with van der Waals surface area (Å²) in [4.78, 5) is 21.9. The Labute approximate surface area is 99.8 Å². The number of nitrogens with two attached hydrogens (primary N) is 1. The fraction of sp³-hybridized carbons (Fsp3) is 0.545. The predicted octanol–water partition coefficient (Wildman–Crippen LogP) is 0.109. The number of esters is 1. The zero-order chi connectivity index (χ0) is 12.4. The first kappa shape index (κ1) is 11.8. The van der Waals surface area contributed by atoms with Crippen LogP contribution in [0.15, 0.2) is 6.20 Å². The van der Waals surface area contributed by atoms with E-state index in [4.69, 9.17) is 5.73 Å². The highest BCUT2D eigenvalue weighted by molar-refractivity contribution is 5.90. The smallest absolute Gasteiger partial charge is 0.341 e. The Balaban J connectivity index is 2.22. The molecule has 0 aliphatic carbocycles. The van der Waals surface area contributed by atoms with E-state index in [-0.39, 0.29) is 6.04 Å². The van der Waals surface area contributed by atoms with Crippen LogP contribution in [0.1, 0.15) is 22.5 Å². The lowest BCUT2D eigenvalue weighted by Gasteiger charge is -2.16. The summed E-state index contributed by atoms with van der Waals surface area (Å²) >= 11 is 0. The van der Waals surface area contributed by atoms with Gasteiger partial charge in [-0.1, -0.05) is 0 Å². The van der Waals surface area contributed by atoms with Gasteiger partial charge in [0, 0.05) is 25.3 Å². The molecule has 92 valence electrons. The van der Waals surface area contributed by atoms with Crippen molar-refractivity contribution in [3.63, 3.8) is 0 Å². The minimum Gasteiger partial charge on any atom is -0.465 e. The maximum Gasteiger partial charge on any atom is 0.341 e. The first-order valence-corrected chi connectivity index (χ1v) is 5.54. The minimum absolute atomic E-state index is 0.180. The summed E-state index contributed by atoms with van der Waals surface area (Å²) in [7, 11) is 1.34. The van der Waals surface area contributed by atoms with Crippen molar-refractivity contribution in [2.75, 3.05) is 25.1 Å². The standard InChI is InChI=1S/C11H16N4O2/c1-7-9(10(16)17-2)5-13-11(14-7)15-4-3-8(12)6-15/h5,8H,3-4,6,12H2,1-2H3/t8-/m0/s1. The number of hydrogen-bond acceptors (Lipinski definition) is 6. The van der Waals surface area contributed by atoms with Crippen molar-refractivity contribution in [3.8, 4) is 0 Å². The monoisotopic (exact) mass is 236 g/mol. The highest BCUT2D eigenvalue weighted by Crippen LogP contribution is 2.16. The quantitative estimate of drug-likeness (QED) is 0.734. The average molecular weight is 236 g/mol. The van der Waals surface area contributed by atoms with Gasteiger partial charge in [-0.05, 0) is 13.3 Å². The molecule has 1 saturated heterocycles. The number of anilines is 1. The second-order valence-electron chi connectivity index (χ2n) is 4.16. The predicted molar refractivity (Wildman–Crippen MR) is 62.9 cm³/mol. The molecule has 1 aliphatic rings. The SMILES string of the molecule is COC(=O)c1cnc(N2CC[C@H](N)C2)nc1C. The highest BCUT2D eigenvalue weighted by Gasteiger charge is 2.22. The van der Waals surface area contributed by atoms with Crippen LogP contribution in [0.25, 0.3) is 0 Å². The molecule has 0 amide bonds. The molecule has 0 radical (unpaired) electrons. The maximum absolute atomic E-state index is 11.4. The van der Waals surface area contributed by atoms with Gasteiger partial charge < -0.3 is 15.4 Å². The van der Waals surface area contributed by atoms with Crippen LogP contribution in [0.4, 0.5) is 5.95 Å². The largest absolute Gasteiger partial charge is 0.465 e. The molecule has 0 aromatic carbocycles. The summed E-state index contributed by atoms with van der Waals surface area (Å²) in [5.74, 6) is 0.218. The summed E-state index contributed by atoms with van der Waals surface area (Å²) in [5.41, 5.74) is 6.86. The van der Waals surface area contributed by atoms with Gasteiger partial charge in [0.1, 0.15) is 0 Å². The van der Waals surface area contributed by atoms with Gasteiger partial charge in [0.15, 0.2) is 0 Å². The molecular weight excluding hydrogens is 220 g/mol. The van der Waals surface area contributed by atoms with Gasteiger partial charge in [-0.3, -0.25) is 0 Å². The minimum atomic E-state index is -0.410. The Bertz CT molecular complexity index is 435. The van der Waals surface area contributed by atoms with Gasteiger partial charge in [0.2, 0.25) is 5.95 Å². The summed E-state index contributed by atoms with van der Waals surface area (Å²) in [6.45, 7) is 3.39. The first-order chi connectivity index (χ1) is 8.11. The molecule has 1 aliphatic heterocycles.